The van der Waals surface area contributed by atoms with Crippen molar-refractivity contribution >= 4 is 23.5 Å². The number of nitrogens with zero attached hydrogens (tertiary/aromatic N) is 4. The van der Waals surface area contributed by atoms with Gasteiger partial charge in [0.1, 0.15) is 0 Å². The van der Waals surface area contributed by atoms with E-state index in [0.29, 0.717) is 22.7 Å². The fraction of sp³-hybridized carbons (Fsp3) is 0.619. The van der Waals surface area contributed by atoms with Crippen molar-refractivity contribution in [2.75, 3.05) is 12.4 Å². The Hall–Kier alpha value is -2.15. The average molecular weight is 417 g/mol. The summed E-state index contributed by atoms with van der Waals surface area (Å²) in [6.45, 7) is 0. The zero-order chi connectivity index (χ0) is 20.2. The van der Waals surface area contributed by atoms with Gasteiger partial charge in [0.2, 0.25) is 11.9 Å². The van der Waals surface area contributed by atoms with Gasteiger partial charge in [-0.25, -0.2) is 9.97 Å². The molecular formula is C21H29ClN6O. The Morgan fingerprint density at radius 2 is 1.86 bits per heavy atom. The Balaban J connectivity index is 1.43. The maximum absolute atomic E-state index is 11.8. The summed E-state index contributed by atoms with van der Waals surface area (Å²) < 4.78 is 2.07. The minimum absolute atomic E-state index is 0.116. The van der Waals surface area contributed by atoms with Crippen molar-refractivity contribution in [1.82, 2.24) is 25.1 Å². The van der Waals surface area contributed by atoms with Gasteiger partial charge in [-0.2, -0.15) is 5.10 Å². The number of rotatable bonds is 5. The van der Waals surface area contributed by atoms with Gasteiger partial charge in [0.15, 0.2) is 0 Å². The summed E-state index contributed by atoms with van der Waals surface area (Å²) >= 11 is 6.40. The van der Waals surface area contributed by atoms with E-state index in [9.17, 15) is 4.79 Å². The van der Waals surface area contributed by atoms with Crippen molar-refractivity contribution in [2.24, 2.45) is 5.92 Å². The Morgan fingerprint density at radius 1 is 1.10 bits per heavy atom. The molecule has 2 aliphatic rings. The minimum atomic E-state index is 0.116. The molecule has 4 rings (SSSR count). The van der Waals surface area contributed by atoms with Crippen LogP contribution in [0.25, 0.3) is 11.3 Å². The number of nitrogens with one attached hydrogen (secondary N) is 2. The maximum atomic E-state index is 11.8. The van der Waals surface area contributed by atoms with Crippen LogP contribution in [0.1, 0.15) is 63.8 Å². The number of aromatic nitrogens is 4. The van der Waals surface area contributed by atoms with Crippen LogP contribution in [0.2, 0.25) is 5.02 Å². The van der Waals surface area contributed by atoms with Crippen LogP contribution in [-0.4, -0.2) is 38.7 Å². The second kappa shape index (κ2) is 9.11. The van der Waals surface area contributed by atoms with E-state index in [1.807, 2.05) is 6.20 Å². The highest BCUT2D eigenvalue weighted by Crippen LogP contribution is 2.32. The summed E-state index contributed by atoms with van der Waals surface area (Å²) in [6.07, 6.45) is 15.4. The van der Waals surface area contributed by atoms with E-state index in [4.69, 9.17) is 11.6 Å². The molecule has 1 amide bonds. The first-order chi connectivity index (χ1) is 14.1. The fourth-order valence-electron chi connectivity index (χ4n) is 4.53. The predicted octanol–water partition coefficient (Wildman–Crippen LogP) is 4.22. The summed E-state index contributed by atoms with van der Waals surface area (Å²) in [7, 11) is 1.70. The molecule has 2 N–H and O–H groups in total. The Bertz CT molecular complexity index is 839. The highest BCUT2D eigenvalue weighted by molar-refractivity contribution is 6.32. The van der Waals surface area contributed by atoms with Crippen LogP contribution in [0.3, 0.4) is 0 Å². The lowest BCUT2D eigenvalue weighted by molar-refractivity contribution is -0.125. The second-order valence-corrected chi connectivity index (χ2v) is 8.61. The fourth-order valence-corrected chi connectivity index (χ4v) is 4.73. The molecule has 0 radical (unpaired) electrons. The zero-order valence-corrected chi connectivity index (χ0v) is 17.7. The maximum Gasteiger partial charge on any atom is 0.223 e. The highest BCUT2D eigenvalue weighted by atomic mass is 35.5. The van der Waals surface area contributed by atoms with Gasteiger partial charge in [-0.1, -0.05) is 30.9 Å². The molecule has 2 aromatic heterocycles. The molecule has 8 heteroatoms. The van der Waals surface area contributed by atoms with E-state index in [-0.39, 0.29) is 17.9 Å². The largest absolute Gasteiger partial charge is 0.359 e. The van der Waals surface area contributed by atoms with Crippen LogP contribution in [0.15, 0.2) is 18.6 Å². The molecule has 156 valence electrons. The molecule has 0 aliphatic heterocycles. The van der Waals surface area contributed by atoms with E-state index in [0.717, 1.165) is 31.2 Å². The summed E-state index contributed by atoms with van der Waals surface area (Å²) in [5.41, 5.74) is 1.64. The molecule has 2 heterocycles. The molecule has 2 aromatic rings. The molecule has 0 aromatic carbocycles. The molecule has 7 nitrogen and oxygen atoms in total. The second-order valence-electron chi connectivity index (χ2n) is 8.20. The van der Waals surface area contributed by atoms with Gasteiger partial charge in [-0.15, -0.1) is 0 Å². The van der Waals surface area contributed by atoms with Gasteiger partial charge < -0.3 is 10.6 Å². The quantitative estimate of drug-likeness (QED) is 0.762. The third-order valence-corrected chi connectivity index (χ3v) is 6.52. The minimum Gasteiger partial charge on any atom is -0.359 e. The van der Waals surface area contributed by atoms with Crippen molar-refractivity contribution in [3.05, 3.63) is 23.6 Å². The molecule has 0 bridgehead atoms. The lowest BCUT2D eigenvalue weighted by atomic mass is 9.85. The first-order valence-corrected chi connectivity index (χ1v) is 11.1. The van der Waals surface area contributed by atoms with Crippen LogP contribution < -0.4 is 10.6 Å². The van der Waals surface area contributed by atoms with Crippen LogP contribution in [-0.2, 0) is 4.79 Å². The number of anilines is 1. The third-order valence-electron chi connectivity index (χ3n) is 6.25. The van der Waals surface area contributed by atoms with Crippen LogP contribution in [0, 0.1) is 5.92 Å². The van der Waals surface area contributed by atoms with Gasteiger partial charge in [0.05, 0.1) is 29.2 Å². The molecular weight excluding hydrogens is 388 g/mol. The number of carbonyl (C=O) groups is 1. The van der Waals surface area contributed by atoms with E-state index >= 15 is 0 Å². The SMILES string of the molecule is CNC(=O)[C@H]1CC[C@H](Nc2ncc(Cl)c(-c3cnn(C4CCCCC4)c3)n2)CC1. The molecule has 2 saturated carbocycles. The summed E-state index contributed by atoms with van der Waals surface area (Å²) in [4.78, 5) is 20.9. The molecule has 0 saturated heterocycles. The normalized spacial score (nSPS) is 23.0. The predicted molar refractivity (Wildman–Crippen MR) is 114 cm³/mol. The molecule has 0 spiro atoms. The molecule has 2 fully saturated rings. The van der Waals surface area contributed by atoms with Crippen molar-refractivity contribution in [1.29, 1.82) is 0 Å². The topological polar surface area (TPSA) is 84.7 Å². The van der Waals surface area contributed by atoms with Crippen LogP contribution >= 0.6 is 11.6 Å². The molecule has 0 unspecified atom stereocenters. The zero-order valence-electron chi connectivity index (χ0n) is 16.9. The van der Waals surface area contributed by atoms with Crippen LogP contribution in [0.5, 0.6) is 0 Å². The van der Waals surface area contributed by atoms with Gasteiger partial charge in [-0.05, 0) is 38.5 Å². The Morgan fingerprint density at radius 3 is 2.59 bits per heavy atom. The Labute approximate surface area is 176 Å². The lowest BCUT2D eigenvalue weighted by Crippen LogP contribution is -2.34. The summed E-state index contributed by atoms with van der Waals surface area (Å²) in [6, 6.07) is 0.751. The van der Waals surface area contributed by atoms with E-state index < -0.39 is 0 Å². The Kier molecular flexibility index (Phi) is 6.33. The number of hydrogen-bond acceptors (Lipinski definition) is 5. The number of halogens is 1. The van der Waals surface area contributed by atoms with Crippen LogP contribution in [0.4, 0.5) is 5.95 Å². The first kappa shape index (κ1) is 20.1. The van der Waals surface area contributed by atoms with E-state index in [1.165, 1.54) is 32.1 Å². The smallest absolute Gasteiger partial charge is 0.223 e. The van der Waals surface area contributed by atoms with Crippen molar-refractivity contribution in [2.45, 2.75) is 69.9 Å². The van der Waals surface area contributed by atoms with Gasteiger partial charge in [0, 0.05) is 30.8 Å². The number of carbonyl (C=O) groups excluding carboxylic acids is 1. The van der Waals surface area contributed by atoms with Gasteiger partial charge in [-0.3, -0.25) is 9.48 Å². The first-order valence-electron chi connectivity index (χ1n) is 10.7. The van der Waals surface area contributed by atoms with E-state index in [2.05, 4.69) is 36.6 Å². The van der Waals surface area contributed by atoms with Crippen molar-refractivity contribution in [3.8, 4) is 11.3 Å². The molecule has 2 aliphatic carbocycles. The van der Waals surface area contributed by atoms with Crippen molar-refractivity contribution in [3.63, 3.8) is 0 Å². The average Bonchev–Trinajstić information content (AvgIpc) is 3.26. The highest BCUT2D eigenvalue weighted by Gasteiger charge is 2.26. The monoisotopic (exact) mass is 416 g/mol. The molecule has 0 atom stereocenters. The summed E-state index contributed by atoms with van der Waals surface area (Å²) in [5.74, 6) is 0.840. The van der Waals surface area contributed by atoms with Gasteiger partial charge in [0.25, 0.3) is 0 Å². The summed E-state index contributed by atoms with van der Waals surface area (Å²) in [5, 5.41) is 11.3. The standard InChI is InChI=1S/C21H29ClN6O/c1-23-20(29)14-7-9-16(10-8-14)26-21-24-12-18(22)19(27-21)15-11-25-28(13-15)17-5-3-2-4-6-17/h11-14,16-17H,2-10H2,1H3,(H,23,29)(H,24,26,27)/t14-,16-. The lowest BCUT2D eigenvalue weighted by Gasteiger charge is -2.28. The number of hydrogen-bond donors (Lipinski definition) is 2. The van der Waals surface area contributed by atoms with E-state index in [1.54, 1.807) is 13.2 Å². The molecule has 29 heavy (non-hydrogen) atoms. The van der Waals surface area contributed by atoms with Crippen molar-refractivity contribution < 1.29 is 4.79 Å². The number of amides is 1. The van der Waals surface area contributed by atoms with Gasteiger partial charge >= 0.3 is 0 Å². The third kappa shape index (κ3) is 4.71.